The van der Waals surface area contributed by atoms with E-state index >= 15 is 0 Å². The van der Waals surface area contributed by atoms with Crippen LogP contribution in [0, 0.1) is 5.92 Å². The fraction of sp³-hybridized carbons (Fsp3) is 0.611. The Hall–Kier alpha value is -1.95. The van der Waals surface area contributed by atoms with Crippen molar-refractivity contribution in [1.29, 1.82) is 0 Å². The number of ether oxygens (including phenoxy) is 2. The molecule has 1 fully saturated rings. The molecule has 134 valence electrons. The molecule has 24 heavy (non-hydrogen) atoms. The third kappa shape index (κ3) is 5.60. The second kappa shape index (κ2) is 9.37. The zero-order valence-corrected chi connectivity index (χ0v) is 15.0. The Morgan fingerprint density at radius 1 is 1.21 bits per heavy atom. The molecule has 0 saturated carbocycles. The van der Waals surface area contributed by atoms with Crippen LogP contribution in [0.15, 0.2) is 23.2 Å². The van der Waals surface area contributed by atoms with E-state index in [1.165, 1.54) is 32.4 Å². The third-order valence-corrected chi connectivity index (χ3v) is 4.25. The summed E-state index contributed by atoms with van der Waals surface area (Å²) in [5.74, 6) is 2.27. The van der Waals surface area contributed by atoms with E-state index in [2.05, 4.69) is 22.1 Å². The zero-order valence-electron chi connectivity index (χ0n) is 15.0. The summed E-state index contributed by atoms with van der Waals surface area (Å²) in [6.45, 7) is 6.47. The van der Waals surface area contributed by atoms with Crippen molar-refractivity contribution >= 4 is 11.6 Å². The predicted octanol–water partition coefficient (Wildman–Crippen LogP) is 2.55. The zero-order chi connectivity index (χ0) is 17.4. The fourth-order valence-electron chi connectivity index (χ4n) is 3.00. The molecule has 1 aliphatic rings. The number of nitrogens with zero attached hydrogens (tertiary/aromatic N) is 2. The summed E-state index contributed by atoms with van der Waals surface area (Å²) in [6.07, 6.45) is 4.00. The number of anilines is 1. The maximum Gasteiger partial charge on any atom is 0.193 e. The van der Waals surface area contributed by atoms with Crippen LogP contribution in [0.2, 0.25) is 0 Å². The van der Waals surface area contributed by atoms with Crippen molar-refractivity contribution in [2.24, 2.45) is 16.6 Å². The standard InChI is InChI=1S/C18H30N4O2/c1-14(13-22-9-5-4-6-10-22)12-20-18(19)21-15-7-8-16(23-2)17(11-15)24-3/h7-8,11,14H,4-6,9-10,12-13H2,1-3H3,(H3,19,20,21). The lowest BCUT2D eigenvalue weighted by atomic mass is 10.1. The lowest BCUT2D eigenvalue weighted by molar-refractivity contribution is 0.203. The Balaban J connectivity index is 1.84. The van der Waals surface area contributed by atoms with Gasteiger partial charge in [0, 0.05) is 24.8 Å². The van der Waals surface area contributed by atoms with Crippen molar-refractivity contribution in [3.63, 3.8) is 0 Å². The molecule has 1 atom stereocenters. The van der Waals surface area contributed by atoms with Gasteiger partial charge in [0.25, 0.3) is 0 Å². The predicted molar refractivity (Wildman–Crippen MR) is 99.1 cm³/mol. The summed E-state index contributed by atoms with van der Waals surface area (Å²) in [6, 6.07) is 5.58. The molecular formula is C18H30N4O2. The van der Waals surface area contributed by atoms with Gasteiger partial charge in [-0.05, 0) is 44.0 Å². The van der Waals surface area contributed by atoms with Crippen LogP contribution < -0.4 is 20.5 Å². The second-order valence-electron chi connectivity index (χ2n) is 6.39. The van der Waals surface area contributed by atoms with E-state index in [4.69, 9.17) is 15.2 Å². The van der Waals surface area contributed by atoms with Crippen LogP contribution >= 0.6 is 0 Å². The first-order valence-corrected chi connectivity index (χ1v) is 8.63. The fourth-order valence-corrected chi connectivity index (χ4v) is 3.00. The number of rotatable bonds is 7. The van der Waals surface area contributed by atoms with Gasteiger partial charge in [-0.3, -0.25) is 4.99 Å². The first-order chi connectivity index (χ1) is 11.6. The molecular weight excluding hydrogens is 304 g/mol. The number of hydrogen-bond donors (Lipinski definition) is 2. The number of nitrogens with one attached hydrogen (secondary N) is 1. The molecule has 0 bridgehead atoms. The number of benzene rings is 1. The molecule has 1 aromatic rings. The highest BCUT2D eigenvalue weighted by atomic mass is 16.5. The van der Waals surface area contributed by atoms with Crippen LogP contribution in [0.3, 0.4) is 0 Å². The molecule has 1 heterocycles. The number of aliphatic imine (C=N–C) groups is 1. The van der Waals surface area contributed by atoms with Crippen LogP contribution in [0.5, 0.6) is 11.5 Å². The highest BCUT2D eigenvalue weighted by Crippen LogP contribution is 2.29. The molecule has 1 aromatic carbocycles. The largest absolute Gasteiger partial charge is 0.493 e. The SMILES string of the molecule is COc1ccc(NC(N)=NCC(C)CN2CCCCC2)cc1OC. The Bertz CT molecular complexity index is 542. The normalized spacial score (nSPS) is 17.4. The van der Waals surface area contributed by atoms with Crippen LogP contribution in [0.1, 0.15) is 26.2 Å². The van der Waals surface area contributed by atoms with E-state index in [9.17, 15) is 0 Å². The molecule has 0 amide bonds. The molecule has 2 rings (SSSR count). The van der Waals surface area contributed by atoms with Gasteiger partial charge in [-0.1, -0.05) is 13.3 Å². The number of hydrogen-bond acceptors (Lipinski definition) is 4. The minimum atomic E-state index is 0.424. The topological polar surface area (TPSA) is 72.1 Å². The Kier molecular flexibility index (Phi) is 7.18. The highest BCUT2D eigenvalue weighted by molar-refractivity contribution is 5.92. The van der Waals surface area contributed by atoms with E-state index in [1.54, 1.807) is 14.2 Å². The molecule has 1 saturated heterocycles. The second-order valence-corrected chi connectivity index (χ2v) is 6.39. The monoisotopic (exact) mass is 334 g/mol. The summed E-state index contributed by atoms with van der Waals surface area (Å²) >= 11 is 0. The molecule has 3 N–H and O–H groups in total. The average Bonchev–Trinajstić information content (AvgIpc) is 2.60. The van der Waals surface area contributed by atoms with Gasteiger partial charge in [0.1, 0.15) is 0 Å². The summed E-state index contributed by atoms with van der Waals surface area (Å²) in [5.41, 5.74) is 6.83. The number of nitrogens with two attached hydrogens (primary N) is 1. The maximum atomic E-state index is 6.00. The number of piperidine rings is 1. The summed E-state index contributed by atoms with van der Waals surface area (Å²) < 4.78 is 10.5. The van der Waals surface area contributed by atoms with E-state index in [0.717, 1.165) is 18.8 Å². The van der Waals surface area contributed by atoms with Crippen LogP contribution in [0.25, 0.3) is 0 Å². The molecule has 0 aliphatic carbocycles. The maximum absolute atomic E-state index is 6.00. The number of guanidine groups is 1. The van der Waals surface area contributed by atoms with E-state index < -0.39 is 0 Å². The van der Waals surface area contributed by atoms with E-state index in [0.29, 0.717) is 23.4 Å². The summed E-state index contributed by atoms with van der Waals surface area (Å²) in [5, 5.41) is 3.11. The Morgan fingerprint density at radius 2 is 1.92 bits per heavy atom. The lowest BCUT2D eigenvalue weighted by Crippen LogP contribution is -2.34. The highest BCUT2D eigenvalue weighted by Gasteiger charge is 2.13. The minimum absolute atomic E-state index is 0.424. The van der Waals surface area contributed by atoms with Gasteiger partial charge in [0.15, 0.2) is 17.5 Å². The van der Waals surface area contributed by atoms with Crippen LogP contribution in [-0.4, -0.2) is 51.3 Å². The third-order valence-electron chi connectivity index (χ3n) is 4.25. The number of methoxy groups -OCH3 is 2. The smallest absolute Gasteiger partial charge is 0.193 e. The Labute approximate surface area is 145 Å². The molecule has 0 spiro atoms. The van der Waals surface area contributed by atoms with Crippen LogP contribution in [-0.2, 0) is 0 Å². The van der Waals surface area contributed by atoms with Crippen molar-refractivity contribution in [3.8, 4) is 11.5 Å². The van der Waals surface area contributed by atoms with E-state index in [-0.39, 0.29) is 0 Å². The Morgan fingerprint density at radius 3 is 2.58 bits per heavy atom. The molecule has 6 nitrogen and oxygen atoms in total. The molecule has 0 aromatic heterocycles. The molecule has 1 unspecified atom stereocenters. The quantitative estimate of drug-likeness (QED) is 0.592. The summed E-state index contributed by atoms with van der Waals surface area (Å²) in [7, 11) is 3.23. The molecule has 1 aliphatic heterocycles. The van der Waals surface area contributed by atoms with Gasteiger partial charge in [-0.15, -0.1) is 0 Å². The van der Waals surface area contributed by atoms with Crippen molar-refractivity contribution in [1.82, 2.24) is 4.90 Å². The first-order valence-electron chi connectivity index (χ1n) is 8.63. The van der Waals surface area contributed by atoms with Gasteiger partial charge >= 0.3 is 0 Å². The van der Waals surface area contributed by atoms with Crippen molar-refractivity contribution in [3.05, 3.63) is 18.2 Å². The van der Waals surface area contributed by atoms with Crippen LogP contribution in [0.4, 0.5) is 5.69 Å². The van der Waals surface area contributed by atoms with Gasteiger partial charge in [-0.25, -0.2) is 0 Å². The van der Waals surface area contributed by atoms with Crippen molar-refractivity contribution in [2.45, 2.75) is 26.2 Å². The van der Waals surface area contributed by atoms with E-state index in [1.807, 2.05) is 18.2 Å². The van der Waals surface area contributed by atoms with Gasteiger partial charge in [0.05, 0.1) is 14.2 Å². The van der Waals surface area contributed by atoms with Crippen molar-refractivity contribution < 1.29 is 9.47 Å². The van der Waals surface area contributed by atoms with Crippen molar-refractivity contribution in [2.75, 3.05) is 45.7 Å². The first kappa shape index (κ1) is 18.4. The lowest BCUT2D eigenvalue weighted by Gasteiger charge is -2.28. The van der Waals surface area contributed by atoms with Gasteiger partial charge < -0.3 is 25.4 Å². The molecule has 0 radical (unpaired) electrons. The molecule has 6 heteroatoms. The van der Waals surface area contributed by atoms with Gasteiger partial charge in [0.2, 0.25) is 0 Å². The van der Waals surface area contributed by atoms with Gasteiger partial charge in [-0.2, -0.15) is 0 Å². The minimum Gasteiger partial charge on any atom is -0.493 e. The summed E-state index contributed by atoms with van der Waals surface area (Å²) in [4.78, 5) is 7.00. The number of likely N-dealkylation sites (tertiary alicyclic amines) is 1. The average molecular weight is 334 g/mol.